The van der Waals surface area contributed by atoms with Crippen molar-refractivity contribution >= 4 is 23.6 Å². The molecule has 1 aromatic rings. The summed E-state index contributed by atoms with van der Waals surface area (Å²) in [4.78, 5) is 41.2. The number of alkyl halides is 3. The van der Waals surface area contributed by atoms with Crippen LogP contribution in [-0.4, -0.2) is 73.2 Å². The van der Waals surface area contributed by atoms with Crippen molar-refractivity contribution in [3.8, 4) is 0 Å². The van der Waals surface area contributed by atoms with Crippen LogP contribution < -0.4 is 4.90 Å². The molecule has 36 heavy (non-hydrogen) atoms. The number of halogens is 3. The minimum atomic E-state index is -4.87. The van der Waals surface area contributed by atoms with Gasteiger partial charge < -0.3 is 14.5 Å². The van der Waals surface area contributed by atoms with E-state index < -0.39 is 12.1 Å². The summed E-state index contributed by atoms with van der Waals surface area (Å²) in [6, 6.07) is 5.80. The summed E-state index contributed by atoms with van der Waals surface area (Å²) in [5.41, 5.74) is 2.56. The Kier molecular flexibility index (Phi) is 8.10. The third-order valence-corrected chi connectivity index (χ3v) is 7.83. The molecule has 1 aromatic carbocycles. The number of nitrogens with zero attached hydrogens (tertiary/aromatic N) is 3. The molecule has 0 spiro atoms. The van der Waals surface area contributed by atoms with Crippen molar-refractivity contribution < 1.29 is 32.3 Å². The maximum absolute atomic E-state index is 13.5. The number of rotatable bonds is 5. The number of hydrogen-bond acceptors (Lipinski definition) is 4. The summed E-state index contributed by atoms with van der Waals surface area (Å²) in [5, 5.41) is 0. The van der Waals surface area contributed by atoms with Crippen LogP contribution in [0, 0.1) is 5.92 Å². The van der Waals surface area contributed by atoms with Crippen molar-refractivity contribution in [2.75, 3.05) is 38.2 Å². The zero-order valence-electron chi connectivity index (χ0n) is 20.7. The second-order valence-corrected chi connectivity index (χ2v) is 10.0. The highest BCUT2D eigenvalue weighted by Gasteiger charge is 2.42. The summed E-state index contributed by atoms with van der Waals surface area (Å²) in [7, 11) is 1.40. The minimum absolute atomic E-state index is 0.00802. The maximum atomic E-state index is 13.5. The van der Waals surface area contributed by atoms with Crippen LogP contribution in [0.15, 0.2) is 18.2 Å². The van der Waals surface area contributed by atoms with Crippen molar-refractivity contribution in [3.63, 3.8) is 0 Å². The molecule has 0 unspecified atom stereocenters. The first-order valence-electron chi connectivity index (χ1n) is 12.8. The van der Waals surface area contributed by atoms with Gasteiger partial charge in [0.05, 0.1) is 7.11 Å². The Morgan fingerprint density at radius 1 is 1.00 bits per heavy atom. The summed E-state index contributed by atoms with van der Waals surface area (Å²) in [5.74, 6) is -1.50. The van der Waals surface area contributed by atoms with Crippen molar-refractivity contribution in [2.45, 2.75) is 70.0 Å². The van der Waals surface area contributed by atoms with Crippen LogP contribution in [0.4, 0.5) is 23.7 Å². The molecule has 1 aliphatic carbocycles. The van der Waals surface area contributed by atoms with Crippen molar-refractivity contribution in [1.29, 1.82) is 0 Å². The third-order valence-electron chi connectivity index (χ3n) is 7.83. The van der Waals surface area contributed by atoms with Crippen LogP contribution in [0.2, 0.25) is 0 Å². The Labute approximate surface area is 209 Å². The number of ether oxygens (including phenoxy) is 1. The van der Waals surface area contributed by atoms with E-state index in [4.69, 9.17) is 4.74 Å². The smallest absolute Gasteiger partial charge is 0.469 e. The Morgan fingerprint density at radius 3 is 2.36 bits per heavy atom. The number of amides is 3. The standard InChI is InChI=1S/C26H34F3N3O4/c1-36-23(33)10-5-18-3-7-21(8-4-18)31-13-2-14-32(25(31)35)22-9-6-19-11-15-30(16-12-20(19)17-22)24(34)26(27,28)29/h6,9,17-18,21H,2-5,7-8,10-16H2,1H3/t18-,21-. The van der Waals surface area contributed by atoms with Gasteiger partial charge >= 0.3 is 24.1 Å². The van der Waals surface area contributed by atoms with Gasteiger partial charge in [-0.1, -0.05) is 6.07 Å². The fraction of sp³-hybridized carbons (Fsp3) is 0.654. The summed E-state index contributed by atoms with van der Waals surface area (Å²) in [6.45, 7) is 1.35. The molecule has 0 radical (unpaired) electrons. The first-order chi connectivity index (χ1) is 17.2. The number of methoxy groups -OCH3 is 1. The van der Waals surface area contributed by atoms with Crippen molar-refractivity contribution in [2.24, 2.45) is 5.92 Å². The topological polar surface area (TPSA) is 70.2 Å². The quantitative estimate of drug-likeness (QED) is 0.555. The molecule has 198 valence electrons. The van der Waals surface area contributed by atoms with E-state index in [0.29, 0.717) is 38.3 Å². The van der Waals surface area contributed by atoms with Crippen LogP contribution in [0.3, 0.4) is 0 Å². The molecule has 1 saturated heterocycles. The summed E-state index contributed by atoms with van der Waals surface area (Å²) in [6.07, 6.45) is 1.71. The highest BCUT2D eigenvalue weighted by Crippen LogP contribution is 2.33. The molecular formula is C26H34F3N3O4. The van der Waals surface area contributed by atoms with Crippen LogP contribution >= 0.6 is 0 Å². The number of benzene rings is 1. The van der Waals surface area contributed by atoms with E-state index in [-0.39, 0.29) is 31.1 Å². The number of anilines is 1. The molecule has 0 bridgehead atoms. The Morgan fingerprint density at radius 2 is 1.69 bits per heavy atom. The average molecular weight is 510 g/mol. The second kappa shape index (κ2) is 11.1. The fourth-order valence-corrected chi connectivity index (χ4v) is 5.75. The van der Waals surface area contributed by atoms with Gasteiger partial charge in [-0.25, -0.2) is 4.79 Å². The van der Waals surface area contributed by atoms with Gasteiger partial charge in [0, 0.05) is 44.3 Å². The molecule has 1 saturated carbocycles. The van der Waals surface area contributed by atoms with Gasteiger partial charge in [0.2, 0.25) is 0 Å². The summed E-state index contributed by atoms with van der Waals surface area (Å²) < 4.78 is 43.4. The van der Waals surface area contributed by atoms with Gasteiger partial charge in [-0.15, -0.1) is 0 Å². The Balaban J connectivity index is 1.38. The fourth-order valence-electron chi connectivity index (χ4n) is 5.75. The number of carbonyl (C=O) groups is 3. The predicted octanol–water partition coefficient (Wildman–Crippen LogP) is 4.32. The predicted molar refractivity (Wildman–Crippen MR) is 128 cm³/mol. The molecule has 2 fully saturated rings. The normalized spacial score (nSPS) is 23.2. The lowest BCUT2D eigenvalue weighted by Crippen LogP contribution is -2.54. The molecule has 0 atom stereocenters. The zero-order chi connectivity index (χ0) is 25.9. The lowest BCUT2D eigenvalue weighted by Gasteiger charge is -2.42. The van der Waals surface area contributed by atoms with E-state index >= 15 is 0 Å². The van der Waals surface area contributed by atoms with E-state index in [1.54, 1.807) is 4.90 Å². The summed E-state index contributed by atoms with van der Waals surface area (Å²) >= 11 is 0. The van der Waals surface area contributed by atoms with Crippen LogP contribution in [0.1, 0.15) is 56.1 Å². The SMILES string of the molecule is COC(=O)CC[C@H]1CC[C@H](N2CCCN(c3ccc4c(c3)CCN(C(=O)C(F)(F)F)CC4)C2=O)CC1. The molecule has 0 N–H and O–H groups in total. The zero-order valence-corrected chi connectivity index (χ0v) is 20.7. The molecule has 2 heterocycles. The number of hydrogen-bond donors (Lipinski definition) is 0. The highest BCUT2D eigenvalue weighted by atomic mass is 19.4. The number of urea groups is 1. The van der Waals surface area contributed by atoms with Crippen molar-refractivity contribution in [1.82, 2.24) is 9.80 Å². The van der Waals surface area contributed by atoms with E-state index in [0.717, 1.165) is 60.2 Å². The van der Waals surface area contributed by atoms with Gasteiger partial charge in [-0.2, -0.15) is 13.2 Å². The number of esters is 1. The third kappa shape index (κ3) is 5.95. The van der Waals surface area contributed by atoms with Crippen LogP contribution in [0.5, 0.6) is 0 Å². The number of carbonyl (C=O) groups excluding carboxylic acids is 3. The van der Waals surface area contributed by atoms with Crippen molar-refractivity contribution in [3.05, 3.63) is 29.3 Å². The maximum Gasteiger partial charge on any atom is 0.471 e. The average Bonchev–Trinajstić information content (AvgIpc) is 3.09. The lowest BCUT2D eigenvalue weighted by atomic mass is 9.82. The van der Waals surface area contributed by atoms with Gasteiger partial charge in [0.1, 0.15) is 0 Å². The lowest BCUT2D eigenvalue weighted by molar-refractivity contribution is -0.185. The van der Waals surface area contributed by atoms with E-state index in [1.807, 2.05) is 23.1 Å². The molecule has 2 aliphatic heterocycles. The molecule has 3 aliphatic rings. The largest absolute Gasteiger partial charge is 0.471 e. The monoisotopic (exact) mass is 509 g/mol. The Hall–Kier alpha value is -2.78. The van der Waals surface area contributed by atoms with Gasteiger partial charge in [0.15, 0.2) is 0 Å². The Bertz CT molecular complexity index is 976. The van der Waals surface area contributed by atoms with E-state index in [9.17, 15) is 27.6 Å². The molecule has 10 heteroatoms. The highest BCUT2D eigenvalue weighted by molar-refractivity contribution is 5.93. The van der Waals surface area contributed by atoms with Crippen LogP contribution in [0.25, 0.3) is 0 Å². The molecule has 3 amide bonds. The van der Waals surface area contributed by atoms with E-state index in [1.165, 1.54) is 7.11 Å². The van der Waals surface area contributed by atoms with Crippen LogP contribution in [-0.2, 0) is 27.2 Å². The molecular weight excluding hydrogens is 475 g/mol. The minimum Gasteiger partial charge on any atom is -0.469 e. The van der Waals surface area contributed by atoms with E-state index in [2.05, 4.69) is 0 Å². The van der Waals surface area contributed by atoms with Gasteiger partial charge in [-0.3, -0.25) is 14.5 Å². The second-order valence-electron chi connectivity index (χ2n) is 10.0. The molecule has 0 aromatic heterocycles. The van der Waals surface area contributed by atoms with Gasteiger partial charge in [0.25, 0.3) is 0 Å². The first-order valence-corrected chi connectivity index (χ1v) is 12.8. The molecule has 4 rings (SSSR count). The first kappa shape index (κ1) is 26.3. The molecule has 7 nitrogen and oxygen atoms in total. The van der Waals surface area contributed by atoms with Gasteiger partial charge in [-0.05, 0) is 80.5 Å². The number of fused-ring (bicyclic) bond motifs is 1.